The molecule has 0 aliphatic heterocycles. The summed E-state index contributed by atoms with van der Waals surface area (Å²) in [4.78, 5) is 24.9. The number of carbonyl (C=O) groups is 1. The molecule has 0 atom stereocenters. The number of hydrogen-bond acceptors (Lipinski definition) is 7. The van der Waals surface area contributed by atoms with Crippen molar-refractivity contribution in [2.24, 2.45) is 0 Å². The summed E-state index contributed by atoms with van der Waals surface area (Å²) in [7, 11) is -5.27. The molecule has 8 nitrogen and oxygen atoms in total. The van der Waals surface area contributed by atoms with Crippen molar-refractivity contribution >= 4 is 27.0 Å². The van der Waals surface area contributed by atoms with Crippen LogP contribution in [0.5, 0.6) is 11.5 Å². The first-order chi connectivity index (χ1) is 13.9. The number of nitrogens with zero attached hydrogens (tertiary/aromatic N) is 1. The van der Waals surface area contributed by atoms with Gasteiger partial charge in [0, 0.05) is 12.2 Å². The van der Waals surface area contributed by atoms with Crippen LogP contribution in [-0.2, 0) is 14.9 Å². The molecule has 0 unspecified atom stereocenters. The number of halogens is 4. The maximum Gasteiger partial charge on any atom is 0.534 e. The van der Waals surface area contributed by atoms with Gasteiger partial charge in [-0.15, -0.1) is 0 Å². The highest BCUT2D eigenvalue weighted by Gasteiger charge is 2.49. The van der Waals surface area contributed by atoms with E-state index >= 15 is 0 Å². The fourth-order valence-corrected chi connectivity index (χ4v) is 3.32. The molecule has 1 heterocycles. The minimum absolute atomic E-state index is 0.0283. The first-order valence-electron chi connectivity index (χ1n) is 8.56. The quantitative estimate of drug-likeness (QED) is 0.287. The summed E-state index contributed by atoms with van der Waals surface area (Å²) in [6.07, 6.45) is 2.32. The predicted molar refractivity (Wildman–Crippen MR) is 94.5 cm³/mol. The number of methoxy groups -OCH3 is 1. The Hall–Kier alpha value is -2.83. The number of pyridine rings is 1. The van der Waals surface area contributed by atoms with Crippen LogP contribution >= 0.6 is 0 Å². The number of rotatable bonds is 6. The summed E-state index contributed by atoms with van der Waals surface area (Å²) in [6, 6.07) is 0.232. The Morgan fingerprint density at radius 2 is 1.90 bits per heavy atom. The van der Waals surface area contributed by atoms with E-state index in [0.29, 0.717) is 18.9 Å². The topological polar surface area (TPSA) is 101 Å². The molecule has 1 fully saturated rings. The number of carbonyl (C=O) groups excluding carboxylic acids is 1. The second-order valence-electron chi connectivity index (χ2n) is 6.33. The fraction of sp³-hybridized carbons (Fsp3) is 0.412. The minimum atomic E-state index is -6.21. The second kappa shape index (κ2) is 7.45. The van der Waals surface area contributed by atoms with Gasteiger partial charge in [-0.2, -0.15) is 21.6 Å². The molecule has 1 aliphatic carbocycles. The SMILES string of the molecule is CCOC(=O)c1cn(C2CC2)c2c(OC)c(OS(=O)(=O)C(F)(F)F)c(F)cc2c1=O. The number of fused-ring (bicyclic) bond motifs is 1. The van der Waals surface area contributed by atoms with Crippen LogP contribution in [0.25, 0.3) is 10.9 Å². The van der Waals surface area contributed by atoms with Crippen molar-refractivity contribution in [3.05, 3.63) is 33.9 Å². The number of aromatic nitrogens is 1. The molecule has 30 heavy (non-hydrogen) atoms. The Kier molecular flexibility index (Phi) is 5.43. The zero-order valence-corrected chi connectivity index (χ0v) is 16.4. The van der Waals surface area contributed by atoms with Gasteiger partial charge in [0.2, 0.25) is 11.2 Å². The maximum absolute atomic E-state index is 14.6. The van der Waals surface area contributed by atoms with Gasteiger partial charge in [0.25, 0.3) is 0 Å². The van der Waals surface area contributed by atoms with Crippen LogP contribution < -0.4 is 14.3 Å². The predicted octanol–water partition coefficient (Wildman–Crippen LogP) is 2.89. The van der Waals surface area contributed by atoms with Crippen LogP contribution in [0.2, 0.25) is 0 Å². The molecule has 164 valence electrons. The highest BCUT2D eigenvalue weighted by Crippen LogP contribution is 2.44. The smallest absolute Gasteiger partial charge is 0.491 e. The molecule has 1 saturated carbocycles. The molecule has 0 amide bonds. The molecule has 1 aliphatic rings. The van der Waals surface area contributed by atoms with Crippen molar-refractivity contribution in [3.8, 4) is 11.5 Å². The number of ether oxygens (including phenoxy) is 2. The third kappa shape index (κ3) is 3.68. The summed E-state index contributed by atoms with van der Waals surface area (Å²) in [5.74, 6) is -4.62. The van der Waals surface area contributed by atoms with Gasteiger partial charge in [-0.25, -0.2) is 9.18 Å². The lowest BCUT2D eigenvalue weighted by atomic mass is 10.1. The number of benzene rings is 1. The lowest BCUT2D eigenvalue weighted by Gasteiger charge is -2.18. The Labute approximate surface area is 167 Å². The van der Waals surface area contributed by atoms with Crippen LogP contribution in [0.4, 0.5) is 17.6 Å². The van der Waals surface area contributed by atoms with Gasteiger partial charge in [0.05, 0.1) is 24.6 Å². The molecule has 1 aromatic heterocycles. The largest absolute Gasteiger partial charge is 0.534 e. The molecular formula is C17H15F4NO7S. The normalized spacial score (nSPS) is 14.6. The Bertz CT molecular complexity index is 1180. The number of alkyl halides is 3. The third-order valence-electron chi connectivity index (χ3n) is 4.30. The maximum atomic E-state index is 14.6. The molecule has 1 aromatic carbocycles. The summed E-state index contributed by atoms with van der Waals surface area (Å²) in [5, 5.41) is -0.404. The van der Waals surface area contributed by atoms with Crippen molar-refractivity contribution in [2.75, 3.05) is 13.7 Å². The van der Waals surface area contributed by atoms with Crippen LogP contribution in [0.15, 0.2) is 17.1 Å². The highest BCUT2D eigenvalue weighted by molar-refractivity contribution is 7.88. The molecule has 0 bridgehead atoms. The van der Waals surface area contributed by atoms with E-state index in [9.17, 15) is 35.6 Å². The Morgan fingerprint density at radius 1 is 1.27 bits per heavy atom. The van der Waals surface area contributed by atoms with Crippen molar-refractivity contribution in [3.63, 3.8) is 0 Å². The average molecular weight is 453 g/mol. The van der Waals surface area contributed by atoms with Gasteiger partial charge in [0.15, 0.2) is 11.6 Å². The van der Waals surface area contributed by atoms with E-state index in [2.05, 4.69) is 4.18 Å². The molecule has 0 saturated heterocycles. The van der Waals surface area contributed by atoms with Gasteiger partial charge in [-0.05, 0) is 25.8 Å². The van der Waals surface area contributed by atoms with Gasteiger partial charge >= 0.3 is 21.6 Å². The summed E-state index contributed by atoms with van der Waals surface area (Å²) in [5.41, 5.74) is -7.38. The first kappa shape index (κ1) is 21.9. The lowest BCUT2D eigenvalue weighted by molar-refractivity contribution is -0.0501. The monoisotopic (exact) mass is 453 g/mol. The number of hydrogen-bond donors (Lipinski definition) is 0. The van der Waals surface area contributed by atoms with Crippen LogP contribution in [0.1, 0.15) is 36.2 Å². The first-order valence-corrected chi connectivity index (χ1v) is 9.97. The molecular weight excluding hydrogens is 438 g/mol. The van der Waals surface area contributed by atoms with Gasteiger partial charge in [-0.1, -0.05) is 0 Å². The van der Waals surface area contributed by atoms with E-state index in [1.807, 2.05) is 0 Å². The summed E-state index contributed by atoms with van der Waals surface area (Å²) in [6.45, 7) is 1.49. The van der Waals surface area contributed by atoms with E-state index in [4.69, 9.17) is 9.47 Å². The van der Waals surface area contributed by atoms with Gasteiger partial charge < -0.3 is 18.2 Å². The Morgan fingerprint density at radius 3 is 2.40 bits per heavy atom. The van der Waals surface area contributed by atoms with E-state index in [1.165, 1.54) is 11.5 Å². The van der Waals surface area contributed by atoms with Crippen molar-refractivity contribution in [1.29, 1.82) is 0 Å². The molecule has 3 rings (SSSR count). The highest BCUT2D eigenvalue weighted by atomic mass is 32.2. The average Bonchev–Trinajstić information content (AvgIpc) is 3.47. The van der Waals surface area contributed by atoms with Crippen molar-refractivity contribution < 1.29 is 44.4 Å². The number of esters is 1. The molecule has 0 spiro atoms. The van der Waals surface area contributed by atoms with E-state index < -0.39 is 55.3 Å². The minimum Gasteiger partial charge on any atom is -0.491 e. The van der Waals surface area contributed by atoms with Gasteiger partial charge in [-0.3, -0.25) is 4.79 Å². The second-order valence-corrected chi connectivity index (χ2v) is 7.87. The lowest BCUT2D eigenvalue weighted by Crippen LogP contribution is -2.28. The molecule has 13 heteroatoms. The standard InChI is InChI=1S/C17H15F4NO7S/c1-3-28-16(24)10-7-22(8-4-5-8)12-9(13(10)23)6-11(18)14(15(12)27-2)29-30(25,26)17(19,20)21/h6-8H,3-5H2,1-2H3. The van der Waals surface area contributed by atoms with Crippen LogP contribution in [0, 0.1) is 5.82 Å². The molecule has 0 radical (unpaired) electrons. The van der Waals surface area contributed by atoms with E-state index in [0.717, 1.165) is 13.3 Å². The third-order valence-corrected chi connectivity index (χ3v) is 5.25. The van der Waals surface area contributed by atoms with Gasteiger partial charge in [0.1, 0.15) is 5.56 Å². The van der Waals surface area contributed by atoms with Crippen LogP contribution in [-0.4, -0.2) is 38.2 Å². The molecule has 0 N–H and O–H groups in total. The van der Waals surface area contributed by atoms with Crippen molar-refractivity contribution in [2.45, 2.75) is 31.3 Å². The Balaban J connectivity index is 2.35. The zero-order valence-electron chi connectivity index (χ0n) is 15.6. The summed E-state index contributed by atoms with van der Waals surface area (Å²) < 4.78 is 90.6. The summed E-state index contributed by atoms with van der Waals surface area (Å²) >= 11 is 0. The van der Waals surface area contributed by atoms with Crippen LogP contribution in [0.3, 0.4) is 0 Å². The molecule has 2 aromatic rings. The van der Waals surface area contributed by atoms with E-state index in [1.54, 1.807) is 0 Å². The van der Waals surface area contributed by atoms with Crippen molar-refractivity contribution in [1.82, 2.24) is 4.57 Å². The fourth-order valence-electron chi connectivity index (χ4n) is 2.85. The zero-order chi connectivity index (χ0) is 22.4. The van der Waals surface area contributed by atoms with E-state index in [-0.39, 0.29) is 18.2 Å².